The molecule has 2 nitrogen and oxygen atoms in total. The van der Waals surface area contributed by atoms with Gasteiger partial charge in [0, 0.05) is 25.5 Å². The van der Waals surface area contributed by atoms with Crippen molar-refractivity contribution in [2.24, 2.45) is 52.3 Å². The second-order valence-electron chi connectivity index (χ2n) is 25.8. The first-order valence-corrected chi connectivity index (χ1v) is 35.3. The van der Waals surface area contributed by atoms with Crippen molar-refractivity contribution in [2.75, 3.05) is 13.6 Å². The molecular weight excluding hydrogens is 953 g/mol. The lowest BCUT2D eigenvalue weighted by Gasteiger charge is -2.58. The molecule has 2 heteroatoms. The second kappa shape index (κ2) is 51.4. The van der Waals surface area contributed by atoms with Gasteiger partial charge in [-0.2, -0.15) is 0 Å². The number of fused-ring (bicyclic) bond motifs is 5. The normalized spacial score (nSPS) is 23.0. The Morgan fingerprint density at radius 2 is 1.25 bits per heavy atom. The standard InChI is InChI=1S/C59H103N.C7H13N.C5H12.3C2H6/c1-9-11-12-13-14-15-16-17-18-19-20-21-22-23-24-25-26-27-32-51(10-2)33-30-45-60-50(6)36-35-49(5)46-52-41-43-59(8)54(47-52)37-39-55-56-40-38-53(34-29-28-31-48(3)4)58(56,7)44-42-57(55)59;1-5-8(4)6-7(2)3;1-3-5-4-2;3*1-2/h14-15,17-18,37,48,51-53,55-57,60H,5-6,9-13,16,19-36,38-47H2,1-4,7-8H3;5-6H,1H2,2-4H3;3-5H2,1-2H3;3*1-2H3/b15-14-,18-17-;;;;;/t51?,52?,53?,55?,56?,57?,58-,59+;;;;;/m1...../s1. The van der Waals surface area contributed by atoms with Crippen molar-refractivity contribution in [2.45, 2.75) is 342 Å². The average Bonchev–Trinajstić information content (AvgIpc) is 3.99. The maximum absolute atomic E-state index is 4.62. The van der Waals surface area contributed by atoms with Crippen molar-refractivity contribution in [1.29, 1.82) is 0 Å². The van der Waals surface area contributed by atoms with Crippen molar-refractivity contribution in [3.63, 3.8) is 0 Å². The van der Waals surface area contributed by atoms with Crippen LogP contribution in [-0.4, -0.2) is 18.5 Å². The first-order valence-electron chi connectivity index (χ1n) is 35.3. The molecule has 4 aliphatic carbocycles. The number of nitrogens with one attached hydrogen (secondary N) is 1. The molecule has 4 aliphatic rings. The van der Waals surface area contributed by atoms with Crippen LogP contribution < -0.4 is 5.32 Å². The summed E-state index contributed by atoms with van der Waals surface area (Å²) in [5.74, 6) is 6.42. The Morgan fingerprint density at radius 3 is 1.81 bits per heavy atom. The highest BCUT2D eigenvalue weighted by Gasteiger charge is 2.58. The van der Waals surface area contributed by atoms with Gasteiger partial charge in [0.1, 0.15) is 0 Å². The van der Waals surface area contributed by atoms with Crippen LogP contribution in [0.4, 0.5) is 0 Å². The van der Waals surface area contributed by atoms with E-state index in [1.54, 1.807) is 6.20 Å². The Hall–Kier alpha value is -2.22. The number of nitrogens with zero attached hydrogens (tertiary/aromatic N) is 1. The minimum atomic E-state index is 0.467. The quantitative estimate of drug-likeness (QED) is 0.0493. The van der Waals surface area contributed by atoms with Crippen LogP contribution in [0.15, 0.2) is 84.9 Å². The van der Waals surface area contributed by atoms with Gasteiger partial charge in [-0.15, -0.1) is 0 Å². The molecule has 6 unspecified atom stereocenters. The third kappa shape index (κ3) is 34.9. The molecule has 79 heavy (non-hydrogen) atoms. The SMILES string of the molecule is C=C(CCC(=C)NCCCC(CC)CCCCCCCCCC/C=C\C/C=C\CCCCC)CC1CC[C@@]2(C)C(=CCC3C4CCC(CCCCC(C)C)[C@@]4(C)CCC32)C1.C=CN(C)C=C(C)C.CC.CC.CC.CCCCC. The van der Waals surface area contributed by atoms with Crippen LogP contribution in [-0.2, 0) is 0 Å². The number of hydrogen-bond acceptors (Lipinski definition) is 2. The smallest absolute Gasteiger partial charge is 0.0143 e. The maximum atomic E-state index is 4.62. The van der Waals surface area contributed by atoms with E-state index in [1.807, 2.05) is 65.3 Å². The predicted octanol–water partition coefficient (Wildman–Crippen LogP) is 26.3. The summed E-state index contributed by atoms with van der Waals surface area (Å²) in [7, 11) is 1.96. The van der Waals surface area contributed by atoms with E-state index in [-0.39, 0.29) is 0 Å². The molecule has 0 amide bonds. The van der Waals surface area contributed by atoms with Crippen LogP contribution in [0.1, 0.15) is 342 Å². The van der Waals surface area contributed by atoms with E-state index in [4.69, 9.17) is 0 Å². The van der Waals surface area contributed by atoms with Crippen LogP contribution in [0.3, 0.4) is 0 Å². The number of allylic oxidation sites excluding steroid dienone is 9. The van der Waals surface area contributed by atoms with Gasteiger partial charge in [0.25, 0.3) is 0 Å². The van der Waals surface area contributed by atoms with Gasteiger partial charge in [0.05, 0.1) is 0 Å². The fraction of sp³-hybridized carbons (Fsp3) is 0.818. The van der Waals surface area contributed by atoms with Gasteiger partial charge in [-0.05, 0) is 194 Å². The fourth-order valence-electron chi connectivity index (χ4n) is 14.2. The summed E-state index contributed by atoms with van der Waals surface area (Å²) in [5.41, 5.74) is 6.92. The molecule has 0 aromatic carbocycles. The van der Waals surface area contributed by atoms with Gasteiger partial charge in [0.15, 0.2) is 0 Å². The predicted molar refractivity (Wildman–Crippen MR) is 365 cm³/mol. The monoisotopic (exact) mass is 1100 g/mol. The molecule has 0 aromatic rings. The lowest BCUT2D eigenvalue weighted by molar-refractivity contribution is -0.0455. The highest BCUT2D eigenvalue weighted by Crippen LogP contribution is 2.67. The summed E-state index contributed by atoms with van der Waals surface area (Å²) >= 11 is 0. The molecule has 464 valence electrons. The van der Waals surface area contributed by atoms with E-state index in [2.05, 4.69) is 125 Å². The first-order chi connectivity index (χ1) is 38.2. The van der Waals surface area contributed by atoms with Crippen LogP contribution in [0.2, 0.25) is 0 Å². The fourth-order valence-corrected chi connectivity index (χ4v) is 14.2. The summed E-state index contributed by atoms with van der Waals surface area (Å²) in [6, 6.07) is 0. The summed E-state index contributed by atoms with van der Waals surface area (Å²) < 4.78 is 0. The molecule has 1 N–H and O–H groups in total. The Bertz CT molecular complexity index is 1550. The summed E-state index contributed by atoms with van der Waals surface area (Å²) in [6.07, 6.45) is 65.4. The van der Waals surface area contributed by atoms with Crippen molar-refractivity contribution in [1.82, 2.24) is 10.2 Å². The molecular formula is C77H146N2. The molecule has 0 aliphatic heterocycles. The molecule has 0 heterocycles. The molecule has 3 saturated carbocycles. The van der Waals surface area contributed by atoms with Gasteiger partial charge in [-0.25, -0.2) is 0 Å². The summed E-state index contributed by atoms with van der Waals surface area (Å²) in [6.45, 7) is 49.2. The van der Waals surface area contributed by atoms with Crippen LogP contribution in [0.25, 0.3) is 0 Å². The third-order valence-electron chi connectivity index (χ3n) is 18.9. The third-order valence-corrected chi connectivity index (χ3v) is 18.9. The molecule has 0 aromatic heterocycles. The molecule has 0 bridgehead atoms. The van der Waals surface area contributed by atoms with Crippen LogP contribution in [0, 0.1) is 52.3 Å². The van der Waals surface area contributed by atoms with E-state index in [9.17, 15) is 0 Å². The highest BCUT2D eigenvalue weighted by atomic mass is 15.0. The van der Waals surface area contributed by atoms with Crippen LogP contribution in [0.5, 0.6) is 0 Å². The maximum Gasteiger partial charge on any atom is 0.0143 e. The highest BCUT2D eigenvalue weighted by molar-refractivity contribution is 5.25. The van der Waals surface area contributed by atoms with Gasteiger partial charge >= 0.3 is 0 Å². The summed E-state index contributed by atoms with van der Waals surface area (Å²) in [5, 5.41) is 3.70. The van der Waals surface area contributed by atoms with E-state index >= 15 is 0 Å². The number of unbranched alkanes of at least 4 members (excludes halogenated alkanes) is 14. The van der Waals surface area contributed by atoms with Crippen molar-refractivity contribution >= 4 is 0 Å². The van der Waals surface area contributed by atoms with Crippen molar-refractivity contribution in [3.8, 4) is 0 Å². The van der Waals surface area contributed by atoms with E-state index in [0.29, 0.717) is 10.8 Å². The molecule has 3 fully saturated rings. The van der Waals surface area contributed by atoms with Gasteiger partial charge in [-0.3, -0.25) is 0 Å². The Kier molecular flexibility index (Phi) is 51.3. The molecule has 0 spiro atoms. The lowest BCUT2D eigenvalue weighted by Crippen LogP contribution is -2.50. The lowest BCUT2D eigenvalue weighted by atomic mass is 9.46. The zero-order valence-electron chi connectivity index (χ0n) is 57.3. The van der Waals surface area contributed by atoms with Gasteiger partial charge in [0.2, 0.25) is 0 Å². The zero-order chi connectivity index (χ0) is 59.7. The minimum Gasteiger partial charge on any atom is -0.389 e. The molecule has 8 atom stereocenters. The molecule has 0 saturated heterocycles. The first kappa shape index (κ1) is 78.8. The van der Waals surface area contributed by atoms with Gasteiger partial charge < -0.3 is 10.2 Å². The van der Waals surface area contributed by atoms with Crippen molar-refractivity contribution in [3.05, 3.63) is 84.9 Å². The van der Waals surface area contributed by atoms with E-state index in [1.165, 1.54) is 229 Å². The zero-order valence-corrected chi connectivity index (χ0v) is 57.3. The molecule has 0 radical (unpaired) electrons. The summed E-state index contributed by atoms with van der Waals surface area (Å²) in [4.78, 5) is 1.93. The average molecular weight is 1100 g/mol. The largest absolute Gasteiger partial charge is 0.389 e. The minimum absolute atomic E-state index is 0.467. The van der Waals surface area contributed by atoms with Crippen LogP contribution >= 0.6 is 0 Å². The van der Waals surface area contributed by atoms with E-state index in [0.717, 1.165) is 67.2 Å². The molecule has 4 rings (SSSR count). The Morgan fingerprint density at radius 1 is 0.671 bits per heavy atom. The van der Waals surface area contributed by atoms with Gasteiger partial charge in [-0.1, -0.05) is 273 Å². The number of hydrogen-bond donors (Lipinski definition) is 1. The topological polar surface area (TPSA) is 15.3 Å². The number of rotatable bonds is 37. The van der Waals surface area contributed by atoms with E-state index < -0.39 is 0 Å². The van der Waals surface area contributed by atoms with Crippen molar-refractivity contribution < 1.29 is 0 Å². The Balaban J connectivity index is 0. The Labute approximate surface area is 500 Å². The second-order valence-corrected chi connectivity index (χ2v) is 25.8.